The highest BCUT2D eigenvalue weighted by molar-refractivity contribution is 5.27. The number of likely N-dealkylation sites (tertiary alicyclic amines) is 2. The van der Waals surface area contributed by atoms with Gasteiger partial charge >= 0.3 is 0 Å². The van der Waals surface area contributed by atoms with Crippen LogP contribution < -0.4 is 0 Å². The molecule has 0 radical (unpaired) electrons. The van der Waals surface area contributed by atoms with Crippen molar-refractivity contribution in [1.29, 1.82) is 0 Å². The Kier molecular flexibility index (Phi) is 7.90. The zero-order chi connectivity index (χ0) is 27.2. The first-order valence-corrected chi connectivity index (χ1v) is 17.2. The van der Waals surface area contributed by atoms with Crippen LogP contribution in [0.1, 0.15) is 103 Å². The summed E-state index contributed by atoms with van der Waals surface area (Å²) in [6.07, 6.45) is 21.8. The summed E-state index contributed by atoms with van der Waals surface area (Å²) in [5, 5.41) is 0. The third-order valence-corrected chi connectivity index (χ3v) is 13.6. The molecule has 0 spiro atoms. The van der Waals surface area contributed by atoms with Crippen molar-refractivity contribution in [2.45, 2.75) is 109 Å². The fourth-order valence-corrected chi connectivity index (χ4v) is 11.4. The maximum absolute atomic E-state index is 7.15. The highest BCUT2D eigenvalue weighted by Crippen LogP contribution is 2.71. The number of nitrogens with zero attached hydrogens (tertiary/aromatic N) is 2. The van der Waals surface area contributed by atoms with Gasteiger partial charge in [0.1, 0.15) is 5.60 Å². The molecule has 2 aliphatic heterocycles. The maximum atomic E-state index is 7.15. The van der Waals surface area contributed by atoms with Gasteiger partial charge in [-0.05, 0) is 145 Å². The van der Waals surface area contributed by atoms with Gasteiger partial charge in [0, 0.05) is 24.1 Å². The molecule has 8 atom stereocenters. The summed E-state index contributed by atoms with van der Waals surface area (Å²) in [6.45, 7) is 14.4. The Labute approximate surface area is 243 Å². The Morgan fingerprint density at radius 2 is 1.55 bits per heavy atom. The van der Waals surface area contributed by atoms with Crippen molar-refractivity contribution >= 4 is 0 Å². The van der Waals surface area contributed by atoms with Crippen molar-refractivity contribution in [3.8, 4) is 0 Å². The van der Waals surface area contributed by atoms with Crippen LogP contribution in [0.25, 0.3) is 0 Å². The lowest BCUT2D eigenvalue weighted by molar-refractivity contribution is -0.185. The Morgan fingerprint density at radius 1 is 0.825 bits per heavy atom. The predicted molar refractivity (Wildman–Crippen MR) is 159 cm³/mol. The van der Waals surface area contributed by atoms with Crippen molar-refractivity contribution in [1.82, 2.24) is 9.80 Å². The van der Waals surface area contributed by atoms with Crippen LogP contribution in [0.15, 0.2) is 23.0 Å². The van der Waals surface area contributed by atoms with Gasteiger partial charge in [0.2, 0.25) is 0 Å². The number of fused-ring (bicyclic) bond motifs is 5. The second-order valence-corrected chi connectivity index (χ2v) is 15.2. The van der Waals surface area contributed by atoms with Crippen LogP contribution in [0, 0.1) is 34.5 Å². The zero-order valence-electron chi connectivity index (χ0n) is 25.6. The van der Waals surface area contributed by atoms with Crippen molar-refractivity contribution in [3.63, 3.8) is 0 Å². The van der Waals surface area contributed by atoms with Gasteiger partial charge in [-0.25, -0.2) is 0 Å². The molecule has 5 nitrogen and oxygen atoms in total. The Morgan fingerprint density at radius 3 is 2.27 bits per heavy atom. The second kappa shape index (κ2) is 11.3. The molecule has 6 aliphatic rings. The molecule has 4 saturated carbocycles. The minimum Gasteiger partial charge on any atom is -0.472 e. The quantitative estimate of drug-likeness (QED) is 0.326. The first-order chi connectivity index (χ1) is 19.5. The molecule has 0 N–H and O–H groups in total. The summed E-state index contributed by atoms with van der Waals surface area (Å²) in [7, 11) is 0. The van der Waals surface area contributed by atoms with Crippen LogP contribution in [0.4, 0.5) is 0 Å². The van der Waals surface area contributed by atoms with E-state index < -0.39 is 0 Å². The van der Waals surface area contributed by atoms with Crippen LogP contribution in [-0.2, 0) is 15.1 Å². The van der Waals surface area contributed by atoms with E-state index in [1.807, 2.05) is 12.5 Å². The van der Waals surface area contributed by atoms with Gasteiger partial charge in [-0.15, -0.1) is 0 Å². The number of hydrogen-bond acceptors (Lipinski definition) is 5. The molecular formula is C35H56N2O3. The predicted octanol–water partition coefficient (Wildman–Crippen LogP) is 7.11. The molecular weight excluding hydrogens is 496 g/mol. The van der Waals surface area contributed by atoms with E-state index in [0.29, 0.717) is 11.5 Å². The highest BCUT2D eigenvalue weighted by atomic mass is 16.5. The Balaban J connectivity index is 1.03. The van der Waals surface area contributed by atoms with Gasteiger partial charge in [-0.3, -0.25) is 0 Å². The summed E-state index contributed by atoms with van der Waals surface area (Å²) in [4.78, 5) is 5.20. The van der Waals surface area contributed by atoms with E-state index >= 15 is 0 Å². The number of hydrogen-bond donors (Lipinski definition) is 0. The van der Waals surface area contributed by atoms with E-state index in [0.717, 1.165) is 56.4 Å². The molecule has 40 heavy (non-hydrogen) atoms. The van der Waals surface area contributed by atoms with Gasteiger partial charge in [0.05, 0.1) is 31.8 Å². The van der Waals surface area contributed by atoms with Gasteiger partial charge < -0.3 is 23.7 Å². The van der Waals surface area contributed by atoms with E-state index in [-0.39, 0.29) is 11.0 Å². The lowest BCUT2D eigenvalue weighted by atomic mass is 9.44. The molecule has 4 aliphatic carbocycles. The summed E-state index contributed by atoms with van der Waals surface area (Å²) < 4.78 is 19.4. The molecule has 6 fully saturated rings. The van der Waals surface area contributed by atoms with Crippen LogP contribution in [-0.4, -0.2) is 68.4 Å². The summed E-state index contributed by atoms with van der Waals surface area (Å²) in [5.74, 6) is 3.34. The fraction of sp³-hybridized carbons (Fsp3) is 0.886. The van der Waals surface area contributed by atoms with Crippen molar-refractivity contribution in [2.75, 3.05) is 52.5 Å². The minimum atomic E-state index is -0.187. The van der Waals surface area contributed by atoms with Crippen molar-refractivity contribution in [3.05, 3.63) is 24.2 Å². The van der Waals surface area contributed by atoms with E-state index in [2.05, 4.69) is 29.7 Å². The van der Waals surface area contributed by atoms with E-state index in [1.165, 1.54) is 109 Å². The minimum absolute atomic E-state index is 0.187. The zero-order valence-corrected chi connectivity index (χ0v) is 25.6. The number of ether oxygens (including phenoxy) is 2. The molecule has 2 saturated heterocycles. The first kappa shape index (κ1) is 27.9. The normalized spacial score (nSPS) is 44.0. The van der Waals surface area contributed by atoms with E-state index in [1.54, 1.807) is 0 Å². The number of rotatable bonds is 9. The summed E-state index contributed by atoms with van der Waals surface area (Å²) in [6, 6.07) is 2.22. The van der Waals surface area contributed by atoms with Crippen LogP contribution in [0.3, 0.4) is 0 Å². The molecule has 224 valence electrons. The Bertz CT molecular complexity index is 971. The van der Waals surface area contributed by atoms with Crippen LogP contribution >= 0.6 is 0 Å². The monoisotopic (exact) mass is 552 g/mol. The molecule has 0 aromatic carbocycles. The highest BCUT2D eigenvalue weighted by Gasteiger charge is 2.66. The lowest BCUT2D eigenvalue weighted by Crippen LogP contribution is -2.56. The summed E-state index contributed by atoms with van der Waals surface area (Å²) >= 11 is 0. The van der Waals surface area contributed by atoms with Gasteiger partial charge in [0.25, 0.3) is 0 Å². The second-order valence-electron chi connectivity index (χ2n) is 15.2. The van der Waals surface area contributed by atoms with Gasteiger partial charge in [-0.2, -0.15) is 0 Å². The third-order valence-electron chi connectivity index (χ3n) is 13.6. The molecule has 3 heterocycles. The lowest BCUT2D eigenvalue weighted by Gasteiger charge is -2.62. The van der Waals surface area contributed by atoms with Crippen molar-refractivity contribution in [2.24, 2.45) is 34.5 Å². The first-order valence-electron chi connectivity index (χ1n) is 17.2. The van der Waals surface area contributed by atoms with E-state index in [9.17, 15) is 0 Å². The fourth-order valence-electron chi connectivity index (χ4n) is 11.4. The molecule has 7 rings (SSSR count). The van der Waals surface area contributed by atoms with E-state index in [4.69, 9.17) is 13.9 Å². The van der Waals surface area contributed by atoms with Crippen LogP contribution in [0.2, 0.25) is 0 Å². The Hall–Kier alpha value is -0.880. The van der Waals surface area contributed by atoms with Crippen LogP contribution in [0.5, 0.6) is 0 Å². The van der Waals surface area contributed by atoms with Crippen molar-refractivity contribution < 1.29 is 13.9 Å². The molecule has 5 heteroatoms. The molecule has 1 aromatic rings. The third kappa shape index (κ3) is 4.74. The maximum Gasteiger partial charge on any atom is 0.102 e. The standard InChI is InChI=1S/C35H56N2O3/c1-33-13-9-29(39-23-20-36-16-3-4-17-36)25-27(33)7-8-30-31(33)10-14-34(2)32(30)11-15-35(34,28-12-22-38-26-28)40-24-21-37-18-5-6-19-37/h12,22,26-27,29-32H,3-11,13-21,23-25H2,1-2H3/t27?,29-,30+,31-,32-,33-,34-,35+/m0/s1. The van der Waals surface area contributed by atoms with Gasteiger partial charge in [0.15, 0.2) is 0 Å². The average molecular weight is 553 g/mol. The molecule has 0 bridgehead atoms. The average Bonchev–Trinajstić information content (AvgIpc) is 3.77. The topological polar surface area (TPSA) is 38.1 Å². The number of furan rings is 1. The SMILES string of the molecule is C[C@]12CC[C@H](OCCN3CCCC3)CC1CC[C@@H]1[C@@H]2CC[C@@]2(C)[C@H]1CC[C@@]2(OCCN1CCCC1)c1ccoc1. The molecule has 1 aromatic heterocycles. The molecule has 1 unspecified atom stereocenters. The largest absolute Gasteiger partial charge is 0.472 e. The summed E-state index contributed by atoms with van der Waals surface area (Å²) in [5.41, 5.74) is 1.82. The smallest absolute Gasteiger partial charge is 0.102 e. The molecule has 0 amide bonds. The van der Waals surface area contributed by atoms with Gasteiger partial charge in [-0.1, -0.05) is 13.8 Å².